The molecule has 0 aliphatic carbocycles. The van der Waals surface area contributed by atoms with Gasteiger partial charge in [0.1, 0.15) is 0 Å². The number of thiazole rings is 1. The lowest BCUT2D eigenvalue weighted by Gasteiger charge is -2.07. The van der Waals surface area contributed by atoms with E-state index in [4.69, 9.17) is 0 Å². The third kappa shape index (κ3) is 3.13. The zero-order valence-corrected chi connectivity index (χ0v) is 15.5. The number of carbonyl (C=O) groups is 1. The molecule has 0 saturated heterocycles. The monoisotopic (exact) mass is 361 g/mol. The molecule has 0 bridgehead atoms. The molecule has 2 heterocycles. The smallest absolute Gasteiger partial charge is 0.253 e. The maximum Gasteiger partial charge on any atom is 0.253 e. The number of rotatable bonds is 4. The maximum absolute atomic E-state index is 12.7. The molecule has 2 N–H and O–H groups in total. The van der Waals surface area contributed by atoms with Gasteiger partial charge in [-0.25, -0.2) is 4.98 Å². The summed E-state index contributed by atoms with van der Waals surface area (Å²) in [6.45, 7) is 4.43. The summed E-state index contributed by atoms with van der Waals surface area (Å²) >= 11 is 1.65. The number of aryl methyl sites for hydroxylation is 2. The van der Waals surface area contributed by atoms with Gasteiger partial charge in [0.25, 0.3) is 5.91 Å². The first-order valence-electron chi connectivity index (χ1n) is 8.49. The molecule has 130 valence electrons. The van der Waals surface area contributed by atoms with E-state index >= 15 is 0 Å². The normalized spacial score (nSPS) is 11.0. The molecule has 1 amide bonds. The fourth-order valence-corrected chi connectivity index (χ4v) is 3.75. The molecular formula is C21H19N3OS. The first-order chi connectivity index (χ1) is 12.6. The molecule has 0 spiro atoms. The number of hydrogen-bond acceptors (Lipinski definition) is 3. The van der Waals surface area contributed by atoms with Crippen molar-refractivity contribution in [2.75, 3.05) is 0 Å². The lowest BCUT2D eigenvalue weighted by atomic mass is 10.1. The Kier molecular flexibility index (Phi) is 4.31. The summed E-state index contributed by atoms with van der Waals surface area (Å²) in [6, 6.07) is 16.0. The summed E-state index contributed by atoms with van der Waals surface area (Å²) in [6.07, 6.45) is 0. The summed E-state index contributed by atoms with van der Waals surface area (Å²) < 4.78 is 0. The van der Waals surface area contributed by atoms with Crippen LogP contribution in [-0.4, -0.2) is 15.9 Å². The lowest BCUT2D eigenvalue weighted by Crippen LogP contribution is -2.23. The van der Waals surface area contributed by atoms with Crippen LogP contribution >= 0.6 is 11.3 Å². The third-order valence-electron chi connectivity index (χ3n) is 4.44. The van der Waals surface area contributed by atoms with E-state index in [1.165, 1.54) is 0 Å². The fourth-order valence-electron chi connectivity index (χ4n) is 3.13. The second kappa shape index (κ2) is 6.77. The highest BCUT2D eigenvalue weighted by Gasteiger charge is 2.15. The number of hydrogen-bond donors (Lipinski definition) is 2. The number of carbonyl (C=O) groups excluding carboxylic acids is 1. The summed E-state index contributed by atoms with van der Waals surface area (Å²) in [7, 11) is 0. The van der Waals surface area contributed by atoms with E-state index in [1.54, 1.807) is 11.3 Å². The second-order valence-corrected chi connectivity index (χ2v) is 7.36. The molecule has 0 unspecified atom stereocenters. The summed E-state index contributed by atoms with van der Waals surface area (Å²) in [4.78, 5) is 20.4. The van der Waals surface area contributed by atoms with Crippen molar-refractivity contribution in [2.24, 2.45) is 0 Å². The number of aromatic nitrogens is 2. The average molecular weight is 361 g/mol. The Morgan fingerprint density at radius 2 is 1.88 bits per heavy atom. The van der Waals surface area contributed by atoms with Crippen molar-refractivity contribution in [1.82, 2.24) is 15.3 Å². The van der Waals surface area contributed by atoms with Crippen molar-refractivity contribution < 1.29 is 4.79 Å². The van der Waals surface area contributed by atoms with Gasteiger partial charge >= 0.3 is 0 Å². The molecule has 0 aliphatic rings. The van der Waals surface area contributed by atoms with Crippen LogP contribution in [0.3, 0.4) is 0 Å². The van der Waals surface area contributed by atoms with Gasteiger partial charge in [-0.15, -0.1) is 11.3 Å². The Balaban J connectivity index is 1.48. The predicted molar refractivity (Wildman–Crippen MR) is 106 cm³/mol. The topological polar surface area (TPSA) is 57.8 Å². The van der Waals surface area contributed by atoms with E-state index in [1.807, 2.05) is 62.4 Å². The molecule has 0 radical (unpaired) electrons. The molecular weight excluding hydrogens is 342 g/mol. The number of nitrogens with one attached hydrogen (secondary N) is 2. The molecule has 0 saturated carbocycles. The first-order valence-corrected chi connectivity index (χ1v) is 9.37. The van der Waals surface area contributed by atoms with Crippen LogP contribution in [0.15, 0.2) is 53.9 Å². The first kappa shape index (κ1) is 16.5. The number of H-pyrrole nitrogens is 1. The van der Waals surface area contributed by atoms with Crippen LogP contribution in [0.5, 0.6) is 0 Å². The minimum Gasteiger partial charge on any atom is -0.358 e. The summed E-state index contributed by atoms with van der Waals surface area (Å²) in [5.41, 5.74) is 5.74. The minimum absolute atomic E-state index is 0.0563. The van der Waals surface area contributed by atoms with Crippen molar-refractivity contribution in [3.05, 3.63) is 75.7 Å². The van der Waals surface area contributed by atoms with Crippen LogP contribution < -0.4 is 5.32 Å². The number of aromatic amines is 1. The Labute approximate surface area is 155 Å². The van der Waals surface area contributed by atoms with Crippen LogP contribution in [0.2, 0.25) is 0 Å². The van der Waals surface area contributed by atoms with E-state index in [9.17, 15) is 4.79 Å². The van der Waals surface area contributed by atoms with Crippen LogP contribution in [-0.2, 0) is 6.54 Å². The molecule has 5 heteroatoms. The van der Waals surface area contributed by atoms with Crippen molar-refractivity contribution in [1.29, 1.82) is 0 Å². The van der Waals surface area contributed by atoms with E-state index in [0.29, 0.717) is 6.54 Å². The number of benzene rings is 2. The molecule has 0 aliphatic heterocycles. The highest BCUT2D eigenvalue weighted by atomic mass is 32.1. The Morgan fingerprint density at radius 3 is 2.62 bits per heavy atom. The second-order valence-electron chi connectivity index (χ2n) is 6.30. The van der Waals surface area contributed by atoms with Gasteiger partial charge < -0.3 is 10.3 Å². The molecule has 0 atom stereocenters. The standard InChI is InChI=1S/C21H19N3OS/c1-13-20(17-5-3-4-6-18(17)23-13)21(25)22-11-15-7-9-16(10-8-15)19-12-26-14(2)24-19/h3-10,12,23H,11H2,1-2H3,(H,22,25). The Morgan fingerprint density at radius 1 is 1.12 bits per heavy atom. The maximum atomic E-state index is 12.7. The fraction of sp³-hybridized carbons (Fsp3) is 0.143. The number of fused-ring (bicyclic) bond motifs is 1. The molecule has 26 heavy (non-hydrogen) atoms. The largest absolute Gasteiger partial charge is 0.358 e. The molecule has 4 aromatic rings. The number of para-hydroxylation sites is 1. The predicted octanol–water partition coefficient (Wildman–Crippen LogP) is 4.84. The van der Waals surface area contributed by atoms with Crippen LogP contribution in [0.1, 0.15) is 26.6 Å². The van der Waals surface area contributed by atoms with Gasteiger partial charge in [0.05, 0.1) is 16.3 Å². The van der Waals surface area contributed by atoms with Crippen molar-refractivity contribution in [3.8, 4) is 11.3 Å². The van der Waals surface area contributed by atoms with Crippen molar-refractivity contribution >= 4 is 28.1 Å². The SMILES string of the molecule is Cc1nc(-c2ccc(CNC(=O)c3c(C)[nH]c4ccccc34)cc2)cs1. The van der Waals surface area contributed by atoms with E-state index in [2.05, 4.69) is 20.7 Å². The highest BCUT2D eigenvalue weighted by Crippen LogP contribution is 2.23. The van der Waals surface area contributed by atoms with E-state index in [0.717, 1.165) is 44.0 Å². The minimum atomic E-state index is -0.0563. The zero-order chi connectivity index (χ0) is 18.1. The Bertz CT molecular complexity index is 1080. The zero-order valence-electron chi connectivity index (χ0n) is 14.7. The van der Waals surface area contributed by atoms with Gasteiger partial charge in [-0.3, -0.25) is 4.79 Å². The third-order valence-corrected chi connectivity index (χ3v) is 5.22. The van der Waals surface area contributed by atoms with Crippen molar-refractivity contribution in [2.45, 2.75) is 20.4 Å². The average Bonchev–Trinajstić information content (AvgIpc) is 3.22. The van der Waals surface area contributed by atoms with Gasteiger partial charge in [0.15, 0.2) is 0 Å². The molecule has 2 aromatic carbocycles. The lowest BCUT2D eigenvalue weighted by molar-refractivity contribution is 0.0952. The van der Waals surface area contributed by atoms with Gasteiger partial charge in [-0.2, -0.15) is 0 Å². The molecule has 4 nitrogen and oxygen atoms in total. The summed E-state index contributed by atoms with van der Waals surface area (Å²) in [5.74, 6) is -0.0563. The van der Waals surface area contributed by atoms with Crippen molar-refractivity contribution in [3.63, 3.8) is 0 Å². The van der Waals surface area contributed by atoms with Crippen LogP contribution in [0.4, 0.5) is 0 Å². The van der Waals surface area contributed by atoms with Gasteiger partial charge in [0, 0.05) is 34.1 Å². The van der Waals surface area contributed by atoms with Crippen LogP contribution in [0, 0.1) is 13.8 Å². The molecule has 4 rings (SSSR count). The Hall–Kier alpha value is -2.92. The number of amides is 1. The van der Waals surface area contributed by atoms with Gasteiger partial charge in [-0.05, 0) is 25.5 Å². The van der Waals surface area contributed by atoms with Crippen LogP contribution in [0.25, 0.3) is 22.2 Å². The van der Waals surface area contributed by atoms with Gasteiger partial charge in [0.2, 0.25) is 0 Å². The molecule has 0 fully saturated rings. The molecule has 2 aromatic heterocycles. The quantitative estimate of drug-likeness (QED) is 0.546. The van der Waals surface area contributed by atoms with E-state index < -0.39 is 0 Å². The van der Waals surface area contributed by atoms with Gasteiger partial charge in [-0.1, -0.05) is 42.5 Å². The van der Waals surface area contributed by atoms with E-state index in [-0.39, 0.29) is 5.91 Å². The highest BCUT2D eigenvalue weighted by molar-refractivity contribution is 7.09. The summed E-state index contributed by atoms with van der Waals surface area (Å²) in [5, 5.41) is 7.10. The number of nitrogens with zero attached hydrogens (tertiary/aromatic N) is 1.